The largest absolute Gasteiger partial charge is 0.389 e. The third-order valence-electron chi connectivity index (χ3n) is 7.13. The summed E-state index contributed by atoms with van der Waals surface area (Å²) in [5.41, 5.74) is 3.93. The number of piperidine rings is 1. The van der Waals surface area contributed by atoms with E-state index in [-0.39, 0.29) is 5.54 Å². The Kier molecular flexibility index (Phi) is 5.57. The number of anilines is 2. The molecule has 0 saturated carbocycles. The molecular weight excluding hydrogens is 428 g/mol. The molecule has 1 aromatic carbocycles. The fourth-order valence-corrected chi connectivity index (χ4v) is 5.13. The molecule has 0 radical (unpaired) electrons. The third-order valence-corrected chi connectivity index (χ3v) is 7.57. The number of ether oxygens (including phenoxy) is 1. The van der Waals surface area contributed by atoms with Crippen LogP contribution in [-0.2, 0) is 11.8 Å². The standard InChI is InChI=1S/C23H29ClN6O2/c1-14-8-16-10-25-22(28-19-11-26-29(3)21(19)24)27-18(16)9-17(14)15-4-6-30(7-5-15)23(2)13-32-12-20(23)31/h8-11,15,20,31H,4-7,12-13H2,1-3H3,(H,25,27,28)/t20-,23+/m0/s1. The molecule has 2 saturated heterocycles. The number of nitrogens with one attached hydrogen (secondary N) is 1. The van der Waals surface area contributed by atoms with Crippen LogP contribution in [0.1, 0.15) is 36.8 Å². The van der Waals surface area contributed by atoms with Gasteiger partial charge in [0.2, 0.25) is 5.95 Å². The highest BCUT2D eigenvalue weighted by Gasteiger charge is 2.44. The average molecular weight is 457 g/mol. The van der Waals surface area contributed by atoms with Crippen LogP contribution in [0.15, 0.2) is 24.5 Å². The number of likely N-dealkylation sites (tertiary alicyclic amines) is 1. The predicted molar refractivity (Wildman–Crippen MR) is 125 cm³/mol. The molecule has 3 aromatic rings. The van der Waals surface area contributed by atoms with Crippen LogP contribution in [0.3, 0.4) is 0 Å². The molecule has 32 heavy (non-hydrogen) atoms. The van der Waals surface area contributed by atoms with Gasteiger partial charge in [-0.2, -0.15) is 5.10 Å². The van der Waals surface area contributed by atoms with Gasteiger partial charge in [-0.25, -0.2) is 9.97 Å². The van der Waals surface area contributed by atoms with Crippen molar-refractivity contribution in [3.05, 3.63) is 40.8 Å². The highest BCUT2D eigenvalue weighted by Crippen LogP contribution is 2.36. The molecule has 0 aliphatic carbocycles. The zero-order valence-corrected chi connectivity index (χ0v) is 19.4. The molecule has 8 nitrogen and oxygen atoms in total. The highest BCUT2D eigenvalue weighted by molar-refractivity contribution is 6.32. The molecule has 170 valence electrons. The van der Waals surface area contributed by atoms with Crippen molar-refractivity contribution >= 4 is 34.1 Å². The molecule has 0 bridgehead atoms. The van der Waals surface area contributed by atoms with Gasteiger partial charge >= 0.3 is 0 Å². The Morgan fingerprint density at radius 2 is 2.03 bits per heavy atom. The first-order valence-corrected chi connectivity index (χ1v) is 11.5. The first kappa shape index (κ1) is 21.6. The van der Waals surface area contributed by atoms with E-state index in [0.717, 1.165) is 36.8 Å². The zero-order chi connectivity index (χ0) is 22.5. The number of halogens is 1. The molecule has 5 rings (SSSR count). The van der Waals surface area contributed by atoms with Crippen molar-refractivity contribution in [2.24, 2.45) is 7.05 Å². The minimum absolute atomic E-state index is 0.273. The Bertz CT molecular complexity index is 1140. The van der Waals surface area contributed by atoms with Crippen molar-refractivity contribution in [3.8, 4) is 0 Å². The second kappa shape index (κ2) is 8.26. The summed E-state index contributed by atoms with van der Waals surface area (Å²) in [5.74, 6) is 0.970. The minimum Gasteiger partial charge on any atom is -0.389 e. The molecule has 9 heteroatoms. The average Bonchev–Trinajstić information content (AvgIpc) is 3.30. The summed E-state index contributed by atoms with van der Waals surface area (Å²) in [6.07, 6.45) is 5.19. The maximum absolute atomic E-state index is 10.4. The number of aryl methyl sites for hydroxylation is 2. The summed E-state index contributed by atoms with van der Waals surface area (Å²) in [4.78, 5) is 11.6. The lowest BCUT2D eigenvalue weighted by molar-refractivity contribution is -0.00214. The van der Waals surface area contributed by atoms with Crippen molar-refractivity contribution in [2.75, 3.05) is 31.6 Å². The number of aliphatic hydroxyl groups excluding tert-OH is 1. The Balaban J connectivity index is 1.36. The molecule has 2 atom stereocenters. The van der Waals surface area contributed by atoms with Gasteiger partial charge in [0.1, 0.15) is 5.15 Å². The van der Waals surface area contributed by atoms with Gasteiger partial charge in [-0.1, -0.05) is 11.6 Å². The topological polar surface area (TPSA) is 88.3 Å². The van der Waals surface area contributed by atoms with E-state index < -0.39 is 6.10 Å². The quantitative estimate of drug-likeness (QED) is 0.622. The first-order valence-electron chi connectivity index (χ1n) is 11.1. The molecule has 2 N–H and O–H groups in total. The summed E-state index contributed by atoms with van der Waals surface area (Å²) < 4.78 is 7.13. The summed E-state index contributed by atoms with van der Waals surface area (Å²) >= 11 is 6.26. The van der Waals surface area contributed by atoms with Gasteiger partial charge in [-0.3, -0.25) is 9.58 Å². The Labute approximate surface area is 192 Å². The number of benzene rings is 1. The fourth-order valence-electron chi connectivity index (χ4n) is 4.99. The van der Waals surface area contributed by atoms with Gasteiger partial charge in [0.15, 0.2) is 0 Å². The normalized spacial score (nSPS) is 25.0. The van der Waals surface area contributed by atoms with E-state index in [4.69, 9.17) is 21.3 Å². The van der Waals surface area contributed by atoms with Crippen LogP contribution in [0.2, 0.25) is 5.15 Å². The molecule has 0 spiro atoms. The van der Waals surface area contributed by atoms with Crippen LogP contribution >= 0.6 is 11.6 Å². The van der Waals surface area contributed by atoms with Crippen LogP contribution in [0, 0.1) is 6.92 Å². The minimum atomic E-state index is -0.419. The van der Waals surface area contributed by atoms with Gasteiger partial charge in [0.25, 0.3) is 0 Å². The van der Waals surface area contributed by atoms with E-state index >= 15 is 0 Å². The number of rotatable bonds is 4. The van der Waals surface area contributed by atoms with Crippen molar-refractivity contribution in [2.45, 2.75) is 44.2 Å². The van der Waals surface area contributed by atoms with Gasteiger partial charge in [-0.05, 0) is 69.0 Å². The number of fused-ring (bicyclic) bond motifs is 1. The Morgan fingerprint density at radius 1 is 1.25 bits per heavy atom. The maximum Gasteiger partial charge on any atom is 0.227 e. The predicted octanol–water partition coefficient (Wildman–Crippen LogP) is 3.40. The number of nitrogens with zero attached hydrogens (tertiary/aromatic N) is 5. The fraction of sp³-hybridized carbons (Fsp3) is 0.522. The summed E-state index contributed by atoms with van der Waals surface area (Å²) in [7, 11) is 1.79. The molecule has 2 aliphatic heterocycles. The van der Waals surface area contributed by atoms with Crippen LogP contribution in [-0.4, -0.2) is 67.7 Å². The van der Waals surface area contributed by atoms with Crippen molar-refractivity contribution in [3.63, 3.8) is 0 Å². The Hall–Kier alpha value is -2.26. The monoisotopic (exact) mass is 456 g/mol. The van der Waals surface area contributed by atoms with Gasteiger partial charge in [-0.15, -0.1) is 0 Å². The first-order chi connectivity index (χ1) is 15.3. The molecule has 2 aliphatic rings. The lowest BCUT2D eigenvalue weighted by Gasteiger charge is -2.43. The Morgan fingerprint density at radius 3 is 2.69 bits per heavy atom. The van der Waals surface area contributed by atoms with Crippen molar-refractivity contribution < 1.29 is 9.84 Å². The maximum atomic E-state index is 10.4. The van der Waals surface area contributed by atoms with Crippen molar-refractivity contribution in [1.29, 1.82) is 0 Å². The SMILES string of the molecule is Cc1cc2cnc(Nc3cnn(C)c3Cl)nc2cc1C1CCN([C@]2(C)COC[C@@H]2O)CC1. The lowest BCUT2D eigenvalue weighted by Crippen LogP contribution is -2.56. The smallest absolute Gasteiger partial charge is 0.227 e. The van der Waals surface area contributed by atoms with E-state index in [9.17, 15) is 5.11 Å². The van der Waals surface area contributed by atoms with E-state index in [1.54, 1.807) is 17.9 Å². The van der Waals surface area contributed by atoms with E-state index in [1.807, 2.05) is 6.20 Å². The molecular formula is C23H29ClN6O2. The second-order valence-electron chi connectivity index (χ2n) is 9.21. The number of hydrogen-bond acceptors (Lipinski definition) is 7. The van der Waals surface area contributed by atoms with E-state index in [0.29, 0.717) is 35.9 Å². The number of hydrogen-bond donors (Lipinski definition) is 2. The summed E-state index contributed by atoms with van der Waals surface area (Å²) in [6.45, 7) is 7.22. The molecule has 4 heterocycles. The molecule has 2 aromatic heterocycles. The zero-order valence-electron chi connectivity index (χ0n) is 18.7. The van der Waals surface area contributed by atoms with E-state index in [1.165, 1.54) is 11.1 Å². The highest BCUT2D eigenvalue weighted by atomic mass is 35.5. The van der Waals surface area contributed by atoms with Gasteiger partial charge in [0.05, 0.1) is 42.3 Å². The van der Waals surface area contributed by atoms with Crippen molar-refractivity contribution in [1.82, 2.24) is 24.6 Å². The van der Waals surface area contributed by atoms with Crippen LogP contribution in [0.5, 0.6) is 0 Å². The molecule has 0 amide bonds. The van der Waals surface area contributed by atoms with Crippen LogP contribution < -0.4 is 5.32 Å². The summed E-state index contributed by atoms with van der Waals surface area (Å²) in [5, 5.41) is 19.2. The van der Waals surface area contributed by atoms with Crippen LogP contribution in [0.4, 0.5) is 11.6 Å². The number of aromatic nitrogens is 4. The van der Waals surface area contributed by atoms with E-state index in [2.05, 4.69) is 46.3 Å². The number of aliphatic hydroxyl groups is 1. The van der Waals surface area contributed by atoms with Gasteiger partial charge in [0, 0.05) is 18.6 Å². The molecule has 2 fully saturated rings. The lowest BCUT2D eigenvalue weighted by atomic mass is 9.84. The van der Waals surface area contributed by atoms with Crippen LogP contribution in [0.25, 0.3) is 10.9 Å². The molecule has 0 unspecified atom stereocenters. The second-order valence-corrected chi connectivity index (χ2v) is 9.57. The van der Waals surface area contributed by atoms with Gasteiger partial charge < -0.3 is 15.2 Å². The third kappa shape index (κ3) is 3.75. The summed E-state index contributed by atoms with van der Waals surface area (Å²) in [6, 6.07) is 4.38.